The van der Waals surface area contributed by atoms with Gasteiger partial charge in [0.25, 0.3) is 5.91 Å². The quantitative estimate of drug-likeness (QED) is 0.0290. The van der Waals surface area contributed by atoms with Crippen molar-refractivity contribution in [2.45, 2.75) is 143 Å². The summed E-state index contributed by atoms with van der Waals surface area (Å²) in [4.78, 5) is 138. The van der Waals surface area contributed by atoms with Crippen LogP contribution in [0.5, 0.6) is 11.5 Å². The van der Waals surface area contributed by atoms with Crippen LogP contribution < -0.4 is 30.7 Å². The van der Waals surface area contributed by atoms with Crippen molar-refractivity contribution in [3.63, 3.8) is 0 Å². The maximum atomic E-state index is 14.4. The van der Waals surface area contributed by atoms with Crippen molar-refractivity contribution in [1.82, 2.24) is 30.7 Å². The number of ketones is 1. The first-order valence-corrected chi connectivity index (χ1v) is 29.2. The van der Waals surface area contributed by atoms with Gasteiger partial charge in [-0.1, -0.05) is 88.7 Å². The predicted molar refractivity (Wildman–Crippen MR) is 321 cm³/mol. The van der Waals surface area contributed by atoms with Crippen LogP contribution in [0.4, 0.5) is 5.69 Å². The number of methoxy groups -OCH3 is 2. The average Bonchev–Trinajstić information content (AvgIpc) is 3.38. The van der Waals surface area contributed by atoms with Crippen molar-refractivity contribution in [2.24, 2.45) is 17.3 Å². The molecule has 0 aliphatic carbocycles. The number of hydrogen-bond acceptors (Lipinski definition) is 14. The largest absolute Gasteiger partial charge is 0.493 e. The minimum absolute atomic E-state index is 0.00211. The van der Waals surface area contributed by atoms with Crippen molar-refractivity contribution in [3.05, 3.63) is 102 Å². The lowest BCUT2D eigenvalue weighted by Crippen LogP contribution is -2.54. The summed E-state index contributed by atoms with van der Waals surface area (Å²) in [6, 6.07) is 18.5. The molecule has 1 aliphatic rings. The highest BCUT2D eigenvalue weighted by molar-refractivity contribution is 6.38. The van der Waals surface area contributed by atoms with E-state index in [0.29, 0.717) is 61.3 Å². The van der Waals surface area contributed by atoms with Gasteiger partial charge in [-0.15, -0.1) is 0 Å². The number of esters is 2. The van der Waals surface area contributed by atoms with E-state index in [0.717, 1.165) is 17.5 Å². The predicted octanol–water partition coefficient (Wildman–Crippen LogP) is 6.46. The Hall–Kier alpha value is -8.10. The highest BCUT2D eigenvalue weighted by atomic mass is 16.5. The molecule has 7 amide bonds. The summed E-state index contributed by atoms with van der Waals surface area (Å²) >= 11 is 0. The van der Waals surface area contributed by atoms with Crippen molar-refractivity contribution in [3.8, 4) is 11.5 Å². The van der Waals surface area contributed by atoms with Crippen LogP contribution >= 0.6 is 0 Å². The summed E-state index contributed by atoms with van der Waals surface area (Å²) in [6.45, 7) is 10.5. The molecule has 21 nitrogen and oxygen atoms in total. The number of Topliss-reactive ketones (excluding diaryl/α,β-unsaturated/α-hetero) is 1. The highest BCUT2D eigenvalue weighted by Gasteiger charge is 2.43. The number of piperidine rings is 1. The number of anilines is 1. The van der Waals surface area contributed by atoms with Crippen LogP contribution in [0, 0.1) is 17.3 Å². The van der Waals surface area contributed by atoms with Crippen LogP contribution in [0.25, 0.3) is 0 Å². The van der Waals surface area contributed by atoms with Crippen LogP contribution in [0.3, 0.4) is 0 Å². The van der Waals surface area contributed by atoms with Gasteiger partial charge < -0.3 is 54.9 Å². The van der Waals surface area contributed by atoms with Gasteiger partial charge in [0.05, 0.1) is 26.2 Å². The molecule has 0 bridgehead atoms. The first-order chi connectivity index (χ1) is 40.4. The number of rotatable bonds is 33. The third kappa shape index (κ3) is 22.4. The summed E-state index contributed by atoms with van der Waals surface area (Å²) in [5, 5.41) is 10.9. The second-order valence-electron chi connectivity index (χ2n) is 22.7. The molecule has 4 N–H and O–H groups in total. The second-order valence-corrected chi connectivity index (χ2v) is 22.7. The molecule has 3 aromatic rings. The van der Waals surface area contributed by atoms with E-state index >= 15 is 0 Å². The fraction of sp³-hybridized carbons (Fsp3) is 0.531. The van der Waals surface area contributed by atoms with E-state index in [1.807, 2.05) is 70.2 Å². The lowest BCUT2D eigenvalue weighted by atomic mass is 9.87. The molecule has 4 rings (SSSR count). The Bertz CT molecular complexity index is 2800. The molecule has 0 radical (unpaired) electrons. The molecule has 0 saturated carbocycles. The number of hydrogen-bond donors (Lipinski definition) is 4. The number of likely N-dealkylation sites (tertiary alicyclic amines) is 1. The molecule has 464 valence electrons. The first kappa shape index (κ1) is 69.4. The normalized spacial score (nSPS) is 14.6. The lowest BCUT2D eigenvalue weighted by molar-refractivity contribution is -0.165. The smallest absolute Gasteiger partial charge is 0.330 e. The van der Waals surface area contributed by atoms with E-state index in [2.05, 4.69) is 21.3 Å². The van der Waals surface area contributed by atoms with Gasteiger partial charge in [0.2, 0.25) is 41.2 Å². The number of carbonyl (C=O) groups excluding carboxylic acids is 10. The summed E-state index contributed by atoms with van der Waals surface area (Å²) in [5.41, 5.74) is 1.05. The van der Waals surface area contributed by atoms with Gasteiger partial charge >= 0.3 is 11.9 Å². The number of nitrogens with one attached hydrogen (secondary N) is 4. The van der Waals surface area contributed by atoms with E-state index in [1.165, 1.54) is 69.0 Å². The Labute approximate surface area is 500 Å². The van der Waals surface area contributed by atoms with E-state index in [-0.39, 0.29) is 81.3 Å². The van der Waals surface area contributed by atoms with Gasteiger partial charge in [-0.3, -0.25) is 38.4 Å². The topological polar surface area (TPSA) is 265 Å². The Morgan fingerprint density at radius 3 is 2.20 bits per heavy atom. The number of carbonyl (C=O) groups is 10. The SMILES string of the molecule is CC[C@H](C)CC(=O)NCC(=O)N(C)CC/C=C\C(=O)OCC(C)(C)C(=O)C(=O)N1CCCC[C@H]1C(=O)O[C@H](CCc1ccc(OC)c(OC)c1)c1cccc(NC(=O)CCC(=O)N(C)[C@@H](CC(C)C)C(=O)N[C@H](Cc2ccccc2)C(=O)NC)c1. The molecule has 21 heteroatoms. The van der Waals surface area contributed by atoms with Crippen LogP contribution in [-0.4, -0.2) is 154 Å². The zero-order valence-electron chi connectivity index (χ0n) is 51.4. The van der Waals surface area contributed by atoms with Crippen molar-refractivity contribution < 1.29 is 66.9 Å². The lowest BCUT2D eigenvalue weighted by Gasteiger charge is -2.36. The number of ether oxygens (including phenoxy) is 4. The fourth-order valence-corrected chi connectivity index (χ4v) is 9.47. The molecule has 1 saturated heterocycles. The number of likely N-dealkylation sites (N-methyl/N-ethyl adjacent to an activating group) is 3. The fourth-order valence-electron chi connectivity index (χ4n) is 9.47. The Balaban J connectivity index is 1.43. The van der Waals surface area contributed by atoms with Crippen LogP contribution in [0.1, 0.15) is 129 Å². The first-order valence-electron chi connectivity index (χ1n) is 29.2. The van der Waals surface area contributed by atoms with Gasteiger partial charge in [-0.2, -0.15) is 0 Å². The molecule has 1 fully saturated rings. The number of amides is 7. The average molecular weight is 1180 g/mol. The minimum Gasteiger partial charge on any atom is -0.493 e. The molecule has 3 aromatic carbocycles. The minimum atomic E-state index is -1.48. The van der Waals surface area contributed by atoms with E-state index in [9.17, 15) is 47.9 Å². The summed E-state index contributed by atoms with van der Waals surface area (Å²) in [6.07, 6.45) is 5.24. The number of nitrogens with zero attached hydrogens (tertiary/aromatic N) is 3. The second kappa shape index (κ2) is 34.6. The Morgan fingerprint density at radius 1 is 0.812 bits per heavy atom. The van der Waals surface area contributed by atoms with Gasteiger partial charge in [-0.25, -0.2) is 9.59 Å². The van der Waals surface area contributed by atoms with Gasteiger partial charge in [0.15, 0.2) is 11.5 Å². The standard InChI is InChI=1S/C64H89N7O14/c1-12-43(4)36-55(73)66-40-57(75)69(8)33-18-17-26-58(76)84-41-64(5,6)59(77)62(80)71-34-19-16-25-49(71)63(81)85-51(29-27-45-28-30-52(82-10)53(38-45)83-11)46-23-20-24-47(39-46)67-54(72)31-32-56(74)70(9)50(35-42(2)3)61(79)68-48(60(78)65-7)37-44-21-14-13-15-22-44/h13-15,17,20-24,26,28,30,38-39,42-43,48-51H,12,16,18-19,25,27,29,31-37,40-41H2,1-11H3,(H,65,78)(H,66,73)(H,67,72)(H,68,79)/b26-17-/t43-,48+,49-,50-,51+/m0/s1. The molecule has 85 heavy (non-hydrogen) atoms. The van der Waals surface area contributed by atoms with Crippen LogP contribution in [0.15, 0.2) is 84.9 Å². The van der Waals surface area contributed by atoms with Gasteiger partial charge in [0.1, 0.15) is 30.8 Å². The molecule has 0 aromatic heterocycles. The van der Waals surface area contributed by atoms with Crippen molar-refractivity contribution in [2.75, 3.05) is 66.9 Å². The van der Waals surface area contributed by atoms with E-state index < -0.39 is 77.6 Å². The Kier molecular flexibility index (Phi) is 28.3. The molecule has 1 heterocycles. The molecule has 5 atom stereocenters. The summed E-state index contributed by atoms with van der Waals surface area (Å²) in [7, 11) is 7.63. The molecule has 0 unspecified atom stereocenters. The summed E-state index contributed by atoms with van der Waals surface area (Å²) in [5.74, 6) is -4.38. The maximum Gasteiger partial charge on any atom is 0.330 e. The molecular weight excluding hydrogens is 1090 g/mol. The maximum absolute atomic E-state index is 14.4. The van der Waals surface area contributed by atoms with E-state index in [1.54, 1.807) is 37.4 Å². The molecule has 0 spiro atoms. The number of benzene rings is 3. The summed E-state index contributed by atoms with van der Waals surface area (Å²) < 4.78 is 22.7. The third-order valence-electron chi connectivity index (χ3n) is 14.9. The Morgan fingerprint density at radius 2 is 1.53 bits per heavy atom. The zero-order valence-corrected chi connectivity index (χ0v) is 51.4. The molecule has 1 aliphatic heterocycles. The van der Waals surface area contributed by atoms with Crippen LogP contribution in [0.2, 0.25) is 0 Å². The zero-order chi connectivity index (χ0) is 62.8. The molecular formula is C64H89N7O14. The van der Waals surface area contributed by atoms with E-state index in [4.69, 9.17) is 18.9 Å². The number of aryl methyl sites for hydroxylation is 1. The van der Waals surface area contributed by atoms with Gasteiger partial charge in [0, 0.05) is 71.7 Å². The van der Waals surface area contributed by atoms with Crippen molar-refractivity contribution >= 4 is 64.8 Å². The third-order valence-corrected chi connectivity index (χ3v) is 14.9. The highest BCUT2D eigenvalue weighted by Crippen LogP contribution is 2.33. The van der Waals surface area contributed by atoms with Crippen LogP contribution in [-0.2, 0) is 70.3 Å². The monoisotopic (exact) mass is 1180 g/mol. The van der Waals surface area contributed by atoms with Crippen molar-refractivity contribution in [1.29, 1.82) is 0 Å². The van der Waals surface area contributed by atoms with Gasteiger partial charge in [-0.05, 0) is 112 Å².